The molecule has 0 aliphatic heterocycles. The molecule has 0 N–H and O–H groups in total. The van der Waals surface area contributed by atoms with E-state index in [2.05, 4.69) is 71.3 Å². The van der Waals surface area contributed by atoms with E-state index in [1.165, 1.54) is 10.9 Å². The minimum absolute atomic E-state index is 0.729. The molecule has 3 aromatic heterocycles. The largest absolute Gasteiger partial charge is 0.497 e. The van der Waals surface area contributed by atoms with Crippen LogP contribution in [-0.4, -0.2) is 16.5 Å². The van der Waals surface area contributed by atoms with Gasteiger partial charge in [0.15, 0.2) is 0 Å². The molecule has 0 spiro atoms. The lowest BCUT2D eigenvalue weighted by atomic mass is 9.98. The van der Waals surface area contributed by atoms with Gasteiger partial charge in [-0.15, -0.1) is 0 Å². The number of nitrogens with zero attached hydrogens (tertiary/aromatic N) is 2. The fourth-order valence-electron chi connectivity index (χ4n) is 4.52. The van der Waals surface area contributed by atoms with Crippen LogP contribution >= 0.6 is 11.6 Å². The van der Waals surface area contributed by atoms with E-state index in [0.29, 0.717) is 0 Å². The molecular weight excluding hydrogens is 416 g/mol. The molecule has 0 saturated heterocycles. The van der Waals surface area contributed by atoms with Crippen LogP contribution in [0, 0.1) is 0 Å². The third-order valence-electron chi connectivity index (χ3n) is 5.97. The Balaban J connectivity index is 1.82. The van der Waals surface area contributed by atoms with Crippen LogP contribution in [-0.2, 0) is 0 Å². The molecule has 0 radical (unpaired) electrons. The Morgan fingerprint density at radius 3 is 2.28 bits per heavy atom. The van der Waals surface area contributed by atoms with E-state index in [0.717, 1.165) is 49.5 Å². The van der Waals surface area contributed by atoms with Crippen LogP contribution in [0.2, 0.25) is 5.02 Å². The molecule has 3 aromatic carbocycles. The predicted octanol–water partition coefficient (Wildman–Crippen LogP) is 7.64. The molecule has 154 valence electrons. The lowest BCUT2D eigenvalue weighted by molar-refractivity contribution is 0.415. The van der Waals surface area contributed by atoms with Gasteiger partial charge in [-0.3, -0.25) is 0 Å². The summed E-state index contributed by atoms with van der Waals surface area (Å²) in [5.74, 6) is 0.827. The van der Waals surface area contributed by atoms with Crippen molar-refractivity contribution in [3.8, 4) is 28.1 Å². The Morgan fingerprint density at radius 1 is 0.781 bits per heavy atom. The second kappa shape index (κ2) is 7.40. The number of halogens is 1. The average Bonchev–Trinajstić information content (AvgIpc) is 3.20. The highest BCUT2D eigenvalue weighted by Gasteiger charge is 2.21. The van der Waals surface area contributed by atoms with Crippen molar-refractivity contribution in [3.05, 3.63) is 102 Å². The molecule has 6 aromatic rings. The Labute approximate surface area is 190 Å². The third kappa shape index (κ3) is 2.86. The van der Waals surface area contributed by atoms with Crippen LogP contribution in [0.5, 0.6) is 5.75 Å². The second-order valence-corrected chi connectivity index (χ2v) is 8.20. The molecule has 0 atom stereocenters. The molecule has 32 heavy (non-hydrogen) atoms. The lowest BCUT2D eigenvalue weighted by Gasteiger charge is -2.10. The number of hydrogen-bond donors (Lipinski definition) is 0. The van der Waals surface area contributed by atoms with E-state index in [1.54, 1.807) is 7.11 Å². The van der Waals surface area contributed by atoms with Crippen molar-refractivity contribution in [3.63, 3.8) is 0 Å². The van der Waals surface area contributed by atoms with E-state index in [-0.39, 0.29) is 0 Å². The topological polar surface area (TPSA) is 26.5 Å². The molecule has 3 heterocycles. The zero-order valence-electron chi connectivity index (χ0n) is 17.4. The lowest BCUT2D eigenvalue weighted by Crippen LogP contribution is -1.92. The van der Waals surface area contributed by atoms with E-state index >= 15 is 0 Å². The van der Waals surface area contributed by atoms with Crippen molar-refractivity contribution in [1.82, 2.24) is 9.38 Å². The number of fused-ring (bicyclic) bond motifs is 5. The smallest absolute Gasteiger partial charge is 0.118 e. The van der Waals surface area contributed by atoms with E-state index in [9.17, 15) is 0 Å². The van der Waals surface area contributed by atoms with Crippen molar-refractivity contribution in [2.75, 3.05) is 7.11 Å². The number of para-hydroxylation sites is 1. The second-order valence-electron chi connectivity index (χ2n) is 7.77. The maximum atomic E-state index is 6.21. The van der Waals surface area contributed by atoms with Gasteiger partial charge in [-0.05, 0) is 60.2 Å². The van der Waals surface area contributed by atoms with Crippen LogP contribution in [0.4, 0.5) is 0 Å². The molecule has 4 heteroatoms. The highest BCUT2D eigenvalue weighted by Crippen LogP contribution is 2.43. The van der Waals surface area contributed by atoms with Crippen molar-refractivity contribution < 1.29 is 4.74 Å². The van der Waals surface area contributed by atoms with Crippen LogP contribution in [0.15, 0.2) is 97.2 Å². The molecule has 0 amide bonds. The first-order valence-corrected chi connectivity index (χ1v) is 10.8. The number of aromatic nitrogens is 2. The van der Waals surface area contributed by atoms with Gasteiger partial charge in [0.1, 0.15) is 5.75 Å². The van der Waals surface area contributed by atoms with Crippen LogP contribution in [0.3, 0.4) is 0 Å². The molecule has 0 aliphatic carbocycles. The van der Waals surface area contributed by atoms with Gasteiger partial charge < -0.3 is 9.14 Å². The summed E-state index contributed by atoms with van der Waals surface area (Å²) in [6.07, 6.45) is 2.11. The maximum absolute atomic E-state index is 6.21. The quantitative estimate of drug-likeness (QED) is 0.286. The normalized spacial score (nSPS) is 11.4. The minimum atomic E-state index is 0.729. The summed E-state index contributed by atoms with van der Waals surface area (Å²) >= 11 is 6.21. The van der Waals surface area contributed by atoms with Crippen molar-refractivity contribution >= 4 is 38.9 Å². The molecule has 0 aliphatic rings. The van der Waals surface area contributed by atoms with E-state index < -0.39 is 0 Å². The number of hydrogen-bond acceptors (Lipinski definition) is 2. The summed E-state index contributed by atoms with van der Waals surface area (Å²) in [5.41, 5.74) is 7.51. The van der Waals surface area contributed by atoms with Gasteiger partial charge in [0, 0.05) is 33.1 Å². The first-order valence-electron chi connectivity index (χ1n) is 10.5. The number of rotatable bonds is 3. The van der Waals surface area contributed by atoms with Crippen molar-refractivity contribution in [1.29, 1.82) is 0 Å². The highest BCUT2D eigenvalue weighted by molar-refractivity contribution is 6.30. The summed E-state index contributed by atoms with van der Waals surface area (Å²) in [7, 11) is 1.68. The third-order valence-corrected chi connectivity index (χ3v) is 6.22. The highest BCUT2D eigenvalue weighted by atomic mass is 35.5. The fraction of sp³-hybridized carbons (Fsp3) is 0.0357. The molecule has 6 rings (SSSR count). The van der Waals surface area contributed by atoms with Crippen LogP contribution < -0.4 is 4.74 Å². The predicted molar refractivity (Wildman–Crippen MR) is 133 cm³/mol. The molecule has 0 fully saturated rings. The average molecular weight is 435 g/mol. The fourth-order valence-corrected chi connectivity index (χ4v) is 4.64. The number of pyridine rings is 2. The standard InChI is InChI=1S/C28H19ClN2O/c1-32-21-15-11-19(12-16-21)27-28-26(22-6-2-3-7-23(22)30-27)25(18-9-13-20(29)14-10-18)24-8-4-5-17-31(24)28/h2-17H,1H3. The number of methoxy groups -OCH3 is 1. The number of benzene rings is 3. The van der Waals surface area contributed by atoms with E-state index in [1.807, 2.05) is 30.3 Å². The number of ether oxygens (including phenoxy) is 1. The summed E-state index contributed by atoms with van der Waals surface area (Å²) in [6.45, 7) is 0. The molecule has 0 saturated carbocycles. The Hall–Kier alpha value is -3.82. The first kappa shape index (κ1) is 18.9. The van der Waals surface area contributed by atoms with Gasteiger partial charge >= 0.3 is 0 Å². The van der Waals surface area contributed by atoms with Gasteiger partial charge in [-0.25, -0.2) is 4.98 Å². The van der Waals surface area contributed by atoms with Crippen molar-refractivity contribution in [2.45, 2.75) is 0 Å². The van der Waals surface area contributed by atoms with E-state index in [4.69, 9.17) is 21.3 Å². The Morgan fingerprint density at radius 2 is 1.50 bits per heavy atom. The zero-order chi connectivity index (χ0) is 21.7. The minimum Gasteiger partial charge on any atom is -0.497 e. The molecule has 0 unspecified atom stereocenters. The SMILES string of the molecule is COc1ccc(-c2nc3ccccc3c3c(-c4ccc(Cl)cc4)c4ccccn4c23)cc1. The van der Waals surface area contributed by atoms with Gasteiger partial charge in [-0.2, -0.15) is 0 Å². The van der Waals surface area contributed by atoms with Crippen molar-refractivity contribution in [2.24, 2.45) is 0 Å². The Kier molecular flexibility index (Phi) is 4.37. The van der Waals surface area contributed by atoms with Gasteiger partial charge in [0.25, 0.3) is 0 Å². The van der Waals surface area contributed by atoms with Gasteiger partial charge in [0.2, 0.25) is 0 Å². The maximum Gasteiger partial charge on any atom is 0.118 e. The first-order chi connectivity index (χ1) is 15.7. The summed E-state index contributed by atoms with van der Waals surface area (Å²) < 4.78 is 7.62. The summed E-state index contributed by atoms with van der Waals surface area (Å²) in [6, 6.07) is 30.8. The molecular formula is C28H19ClN2O. The molecule has 0 bridgehead atoms. The summed E-state index contributed by atoms with van der Waals surface area (Å²) in [4.78, 5) is 5.12. The Bertz CT molecular complexity index is 1600. The zero-order valence-corrected chi connectivity index (χ0v) is 18.2. The van der Waals surface area contributed by atoms with Crippen LogP contribution in [0.25, 0.3) is 49.7 Å². The van der Waals surface area contributed by atoms with Gasteiger partial charge in [-0.1, -0.05) is 48.0 Å². The monoisotopic (exact) mass is 434 g/mol. The van der Waals surface area contributed by atoms with Crippen LogP contribution in [0.1, 0.15) is 0 Å². The molecule has 3 nitrogen and oxygen atoms in total. The summed E-state index contributed by atoms with van der Waals surface area (Å²) in [5, 5.41) is 3.05. The van der Waals surface area contributed by atoms with Gasteiger partial charge in [0.05, 0.1) is 29.4 Å².